The molecule has 0 aliphatic rings. The number of thiol groups is 1. The van der Waals surface area contributed by atoms with Gasteiger partial charge in [-0.25, -0.2) is 4.79 Å². The first kappa shape index (κ1) is 59.9. The van der Waals surface area contributed by atoms with Gasteiger partial charge in [0.2, 0.25) is 35.4 Å². The fraction of sp³-hybridized carbons (Fsp3) is 0.392. The number of carboxylic acids is 1. The molecule has 0 aromatic heterocycles. The number of rotatable bonds is 28. The molecule has 8 atom stereocenters. The summed E-state index contributed by atoms with van der Waals surface area (Å²) in [5.74, 6) is -6.48. The molecular formula is C51H64I2N8O11S. The first-order valence-corrected chi connectivity index (χ1v) is 26.4. The summed E-state index contributed by atoms with van der Waals surface area (Å²) in [6.07, 6.45) is 0.725. The molecule has 14 N–H and O–H groups in total. The number of carbonyl (C=O) groups excluding carboxylic acids is 6. The molecule has 19 nitrogen and oxygen atoms in total. The molecule has 22 heteroatoms. The maximum atomic E-state index is 14.6. The second kappa shape index (κ2) is 29.9. The van der Waals surface area contributed by atoms with Crippen LogP contribution in [0.1, 0.15) is 61.8 Å². The number of carbonyl (C=O) groups is 7. The summed E-state index contributed by atoms with van der Waals surface area (Å²) in [5, 5.41) is 56.9. The molecule has 0 fully saturated rings. The van der Waals surface area contributed by atoms with E-state index in [4.69, 9.17) is 11.5 Å². The quantitative estimate of drug-likeness (QED) is 0.0221. The van der Waals surface area contributed by atoms with Crippen LogP contribution in [0.15, 0.2) is 91.0 Å². The Labute approximate surface area is 456 Å². The highest BCUT2D eigenvalue weighted by atomic mass is 127. The van der Waals surface area contributed by atoms with Crippen LogP contribution < -0.4 is 43.4 Å². The van der Waals surface area contributed by atoms with Crippen LogP contribution in [-0.2, 0) is 59.2 Å². The van der Waals surface area contributed by atoms with E-state index in [1.54, 1.807) is 49.4 Å². The number of carboxylic acid groups (broad SMARTS) is 1. The topological polar surface area (TPSA) is 325 Å². The van der Waals surface area contributed by atoms with Crippen LogP contribution in [0.25, 0.3) is 0 Å². The molecule has 4 rings (SSSR count). The number of amides is 6. The lowest BCUT2D eigenvalue weighted by Crippen LogP contribution is -2.61. The van der Waals surface area contributed by atoms with Crippen LogP contribution in [0.3, 0.4) is 0 Å². The Kier molecular flexibility index (Phi) is 24.5. The third-order valence-electron chi connectivity index (χ3n) is 12.0. The maximum Gasteiger partial charge on any atom is 0.326 e. The zero-order chi connectivity index (χ0) is 53.8. The third-order valence-corrected chi connectivity index (χ3v) is 14.0. The number of benzene rings is 4. The van der Waals surface area contributed by atoms with Crippen LogP contribution in [0.4, 0.5) is 0 Å². The second-order valence-corrected chi connectivity index (χ2v) is 20.3. The van der Waals surface area contributed by atoms with E-state index in [1.165, 1.54) is 48.5 Å². The van der Waals surface area contributed by atoms with Crippen LogP contribution in [0.5, 0.6) is 17.2 Å². The van der Waals surface area contributed by atoms with Gasteiger partial charge in [0.15, 0.2) is 0 Å². The molecule has 0 aliphatic heterocycles. The van der Waals surface area contributed by atoms with Gasteiger partial charge in [0, 0.05) is 31.4 Å². The number of aromatic hydroxyl groups is 3. The Balaban J connectivity index is 1.70. The summed E-state index contributed by atoms with van der Waals surface area (Å²) in [6.45, 7) is 3.83. The second-order valence-electron chi connectivity index (χ2n) is 17.6. The molecule has 0 radical (unpaired) electrons. The van der Waals surface area contributed by atoms with Gasteiger partial charge in [-0.15, -0.1) is 0 Å². The summed E-state index contributed by atoms with van der Waals surface area (Å²) in [4.78, 5) is 97.5. The molecule has 0 aliphatic carbocycles. The minimum Gasteiger partial charge on any atom is -0.508 e. The molecule has 4 aromatic rings. The number of nitrogens with one attached hydrogen (secondary N) is 6. The van der Waals surface area contributed by atoms with E-state index < -0.39 is 89.6 Å². The van der Waals surface area contributed by atoms with Gasteiger partial charge in [0.05, 0.1) is 13.2 Å². The SMILES string of the molecule is CC[C@H](C)[C@H](NC(=O)[C@@H](N)CS)C(=O)N[C@@H](Cc1cc(I)c(O)c(I)c1)C(=O)N[C@@H](CCCCN)C(=O)N[C@@H](Cc1ccc(O)cc1)C(=O)N[C@@H](Cc1ccc(O)cc1)C(=O)N[C@@H](Cc1ccccc1)C(=O)O. The molecule has 0 heterocycles. The predicted octanol–water partition coefficient (Wildman–Crippen LogP) is 2.71. The molecule has 0 spiro atoms. The Bertz CT molecular complexity index is 2490. The van der Waals surface area contributed by atoms with Crippen molar-refractivity contribution in [2.45, 2.75) is 108 Å². The highest BCUT2D eigenvalue weighted by molar-refractivity contribution is 14.1. The van der Waals surface area contributed by atoms with Crippen molar-refractivity contribution in [3.8, 4) is 17.2 Å². The van der Waals surface area contributed by atoms with Gasteiger partial charge in [-0.2, -0.15) is 12.6 Å². The zero-order valence-electron chi connectivity index (χ0n) is 40.4. The molecule has 394 valence electrons. The van der Waals surface area contributed by atoms with Gasteiger partial charge in [0.25, 0.3) is 0 Å². The number of phenols is 3. The lowest BCUT2D eigenvalue weighted by atomic mass is 9.96. The normalized spacial score (nSPS) is 14.4. The van der Waals surface area contributed by atoms with Crippen molar-refractivity contribution in [1.29, 1.82) is 0 Å². The molecule has 0 bridgehead atoms. The van der Waals surface area contributed by atoms with Crippen LogP contribution in [0.2, 0.25) is 0 Å². The Hall–Kier alpha value is -5.70. The molecule has 6 amide bonds. The van der Waals surface area contributed by atoms with Crippen LogP contribution in [0, 0.1) is 13.1 Å². The van der Waals surface area contributed by atoms with Crippen molar-refractivity contribution in [1.82, 2.24) is 31.9 Å². The summed E-state index contributed by atoms with van der Waals surface area (Å²) in [7, 11) is 0. The van der Waals surface area contributed by atoms with Crippen molar-refractivity contribution in [2.75, 3.05) is 12.3 Å². The lowest BCUT2D eigenvalue weighted by molar-refractivity contribution is -0.142. The Morgan fingerprint density at radius 1 is 0.562 bits per heavy atom. The van der Waals surface area contributed by atoms with E-state index in [0.29, 0.717) is 48.7 Å². The van der Waals surface area contributed by atoms with Crippen LogP contribution in [-0.4, -0.2) is 116 Å². The minimum absolute atomic E-state index is 0.00697. The van der Waals surface area contributed by atoms with Crippen molar-refractivity contribution in [2.24, 2.45) is 17.4 Å². The van der Waals surface area contributed by atoms with Gasteiger partial charge in [-0.05, 0) is 136 Å². The Morgan fingerprint density at radius 3 is 1.42 bits per heavy atom. The predicted molar refractivity (Wildman–Crippen MR) is 294 cm³/mol. The van der Waals surface area contributed by atoms with E-state index in [-0.39, 0.29) is 61.7 Å². The number of phenolic OH excluding ortho intramolecular Hbond substituents is 3. The first-order valence-electron chi connectivity index (χ1n) is 23.6. The number of aliphatic carboxylic acids is 1. The fourth-order valence-corrected chi connectivity index (χ4v) is 9.61. The van der Waals surface area contributed by atoms with E-state index in [1.807, 2.05) is 52.1 Å². The monoisotopic (exact) mass is 1250 g/mol. The average Bonchev–Trinajstić information content (AvgIpc) is 3.36. The Morgan fingerprint density at radius 2 is 0.973 bits per heavy atom. The lowest BCUT2D eigenvalue weighted by Gasteiger charge is -2.29. The molecule has 0 saturated carbocycles. The summed E-state index contributed by atoms with van der Waals surface area (Å²) < 4.78 is 0.952. The molecular weight excluding hydrogens is 1190 g/mol. The highest BCUT2D eigenvalue weighted by Gasteiger charge is 2.35. The fourth-order valence-electron chi connectivity index (χ4n) is 7.54. The largest absolute Gasteiger partial charge is 0.508 e. The third kappa shape index (κ3) is 19.3. The van der Waals surface area contributed by atoms with Gasteiger partial charge >= 0.3 is 5.97 Å². The maximum absolute atomic E-state index is 14.6. The summed E-state index contributed by atoms with van der Waals surface area (Å²) in [6, 6.07) is 14.5. The van der Waals surface area contributed by atoms with Gasteiger partial charge in [0.1, 0.15) is 53.5 Å². The first-order chi connectivity index (χ1) is 34.7. The molecule has 4 aromatic carbocycles. The van der Waals surface area contributed by atoms with Crippen molar-refractivity contribution in [3.63, 3.8) is 0 Å². The van der Waals surface area contributed by atoms with E-state index in [2.05, 4.69) is 44.5 Å². The molecule has 0 saturated heterocycles. The van der Waals surface area contributed by atoms with E-state index >= 15 is 0 Å². The number of nitrogens with two attached hydrogens (primary N) is 2. The van der Waals surface area contributed by atoms with Crippen LogP contribution >= 0.6 is 57.8 Å². The molecule has 0 unspecified atom stereocenters. The highest BCUT2D eigenvalue weighted by Crippen LogP contribution is 2.28. The smallest absolute Gasteiger partial charge is 0.326 e. The number of halogens is 2. The van der Waals surface area contributed by atoms with Crippen molar-refractivity contribution >= 4 is 99.2 Å². The van der Waals surface area contributed by atoms with Crippen molar-refractivity contribution in [3.05, 3.63) is 120 Å². The van der Waals surface area contributed by atoms with Gasteiger partial charge < -0.3 is 63.8 Å². The van der Waals surface area contributed by atoms with E-state index in [9.17, 15) is 54.0 Å². The van der Waals surface area contributed by atoms with E-state index in [0.717, 1.165) is 0 Å². The molecule has 73 heavy (non-hydrogen) atoms. The standard InChI is InChI=1S/C51H64I2N8O11S/c1-3-28(2)43(61-45(65)37(55)27-73)50(70)59-41(26-32-21-35(52)44(64)36(53)22-32)47(67)56-38(11-7-8-20-54)46(66)57-39(23-30-12-16-33(62)17-13-30)48(68)58-40(24-31-14-18-34(63)19-15-31)49(69)60-42(51(71)72)25-29-9-5-4-6-10-29/h4-6,9-10,12-19,21-22,28,37-43,62-64,73H,3,7-8,11,20,23-27,54-55H2,1-2H3,(H,56,67)(H,57,66)(H,58,68)(H,59,70)(H,60,69)(H,61,65)(H,71,72)/t28-,37-,38-,39-,40-,41-,42-,43-/m0/s1. The van der Waals surface area contributed by atoms with Gasteiger partial charge in [-0.3, -0.25) is 28.8 Å². The zero-order valence-corrected chi connectivity index (χ0v) is 45.6. The van der Waals surface area contributed by atoms with Gasteiger partial charge in [-0.1, -0.05) is 74.9 Å². The minimum atomic E-state index is -1.44. The average molecular weight is 1250 g/mol. The summed E-state index contributed by atoms with van der Waals surface area (Å²) >= 11 is 7.99. The number of unbranched alkanes of at least 4 members (excludes halogenated alkanes) is 1. The van der Waals surface area contributed by atoms with Crippen molar-refractivity contribution < 1.29 is 54.0 Å². The number of hydrogen-bond donors (Lipinski definition) is 13. The summed E-state index contributed by atoms with van der Waals surface area (Å²) in [5.41, 5.74) is 13.9. The number of hydrogen-bond acceptors (Lipinski definition) is 13.